The zero-order valence-electron chi connectivity index (χ0n) is 21.2. The van der Waals surface area contributed by atoms with Gasteiger partial charge in [-0.15, -0.1) is 0 Å². The molecule has 2 aromatic carbocycles. The molecular weight excluding hydrogens is 449 g/mol. The van der Waals surface area contributed by atoms with E-state index in [1.54, 1.807) is 43.3 Å². The maximum atomic E-state index is 14.1. The Balaban J connectivity index is 1.93. The van der Waals surface area contributed by atoms with Crippen molar-refractivity contribution in [3.63, 3.8) is 0 Å². The molecule has 2 aromatic rings. The van der Waals surface area contributed by atoms with Gasteiger partial charge in [-0.05, 0) is 56.1 Å². The Morgan fingerprint density at radius 3 is 2.63 bits per heavy atom. The number of rotatable bonds is 5. The summed E-state index contributed by atoms with van der Waals surface area (Å²) in [6.45, 7) is 9.01. The number of halogens is 1. The second kappa shape index (κ2) is 12.1. The highest BCUT2D eigenvalue weighted by Gasteiger charge is 2.28. The molecule has 0 radical (unpaired) electrons. The van der Waals surface area contributed by atoms with Gasteiger partial charge in [-0.2, -0.15) is 0 Å². The summed E-state index contributed by atoms with van der Waals surface area (Å²) in [5, 5.41) is 2.69. The summed E-state index contributed by atoms with van der Waals surface area (Å²) in [6.07, 6.45) is 0.887. The zero-order chi connectivity index (χ0) is 25.5. The summed E-state index contributed by atoms with van der Waals surface area (Å²) in [6, 6.07) is 10.8. The molecule has 0 saturated carbocycles. The Labute approximate surface area is 207 Å². The summed E-state index contributed by atoms with van der Waals surface area (Å²) in [7, 11) is 3.40. The van der Waals surface area contributed by atoms with Gasteiger partial charge in [0.2, 0.25) is 0 Å². The zero-order valence-corrected chi connectivity index (χ0v) is 21.2. The lowest BCUT2D eigenvalue weighted by atomic mass is 10.0. The van der Waals surface area contributed by atoms with Gasteiger partial charge in [0.25, 0.3) is 11.8 Å². The van der Waals surface area contributed by atoms with Crippen LogP contribution in [0.25, 0.3) is 0 Å². The number of carbonyl (C=O) groups is 2. The lowest BCUT2D eigenvalue weighted by Crippen LogP contribution is -2.46. The molecule has 0 saturated heterocycles. The van der Waals surface area contributed by atoms with Crippen LogP contribution in [-0.4, -0.2) is 74.2 Å². The molecular formula is C27H36FN3O4. The van der Waals surface area contributed by atoms with Crippen LogP contribution >= 0.6 is 0 Å². The monoisotopic (exact) mass is 485 g/mol. The molecule has 0 spiro atoms. The first-order valence-corrected chi connectivity index (χ1v) is 12.1. The minimum atomic E-state index is -0.610. The fraction of sp³-hybridized carbons (Fsp3) is 0.481. The predicted octanol–water partition coefficient (Wildman–Crippen LogP) is 4.29. The Hall–Kier alpha value is -2.97. The molecule has 7 nitrogen and oxygen atoms in total. The number of hydrogen-bond donors (Lipinski definition) is 1. The van der Waals surface area contributed by atoms with Crippen molar-refractivity contribution in [2.24, 2.45) is 5.92 Å². The maximum Gasteiger partial charge on any atom is 0.258 e. The Bertz CT molecular complexity index is 1030. The van der Waals surface area contributed by atoms with E-state index >= 15 is 0 Å². The van der Waals surface area contributed by atoms with Crippen molar-refractivity contribution < 1.29 is 23.5 Å². The van der Waals surface area contributed by atoms with Crippen molar-refractivity contribution in [2.75, 3.05) is 45.7 Å². The van der Waals surface area contributed by atoms with Crippen LogP contribution in [0.3, 0.4) is 0 Å². The molecule has 1 aliphatic heterocycles. The number of carbonyl (C=O) groups excluding carboxylic acids is 2. The molecule has 0 unspecified atom stereocenters. The number of nitrogens with zero attached hydrogens (tertiary/aromatic N) is 2. The quantitative estimate of drug-likeness (QED) is 0.684. The van der Waals surface area contributed by atoms with Gasteiger partial charge in [0.1, 0.15) is 18.2 Å². The van der Waals surface area contributed by atoms with Gasteiger partial charge in [-0.3, -0.25) is 14.5 Å². The number of anilines is 1. The van der Waals surface area contributed by atoms with E-state index in [-0.39, 0.29) is 29.5 Å². The number of likely N-dealkylation sites (N-methyl/N-ethyl adjacent to an activating group) is 1. The molecule has 190 valence electrons. The van der Waals surface area contributed by atoms with Gasteiger partial charge < -0.3 is 19.7 Å². The van der Waals surface area contributed by atoms with E-state index in [2.05, 4.69) is 31.0 Å². The molecule has 3 atom stereocenters. The predicted molar refractivity (Wildman–Crippen MR) is 135 cm³/mol. The van der Waals surface area contributed by atoms with Crippen LogP contribution in [0.4, 0.5) is 10.1 Å². The van der Waals surface area contributed by atoms with Gasteiger partial charge in [0, 0.05) is 39.0 Å². The third-order valence-electron chi connectivity index (χ3n) is 6.46. The summed E-state index contributed by atoms with van der Waals surface area (Å²) >= 11 is 0. The van der Waals surface area contributed by atoms with E-state index < -0.39 is 11.7 Å². The van der Waals surface area contributed by atoms with Crippen LogP contribution in [0.15, 0.2) is 42.5 Å². The van der Waals surface area contributed by atoms with Crippen LogP contribution < -0.4 is 10.1 Å². The molecule has 3 rings (SSSR count). The first kappa shape index (κ1) is 26.6. The molecule has 0 bridgehead atoms. The topological polar surface area (TPSA) is 71.1 Å². The molecule has 1 N–H and O–H groups in total. The third-order valence-corrected chi connectivity index (χ3v) is 6.46. The summed E-state index contributed by atoms with van der Waals surface area (Å²) < 4.78 is 25.9. The molecule has 35 heavy (non-hydrogen) atoms. The highest BCUT2D eigenvalue weighted by molar-refractivity contribution is 6.05. The minimum Gasteiger partial charge on any atom is -0.491 e. The highest BCUT2D eigenvalue weighted by atomic mass is 19.1. The number of nitrogens with one attached hydrogen (secondary N) is 1. The van der Waals surface area contributed by atoms with Crippen molar-refractivity contribution in [3.05, 3.63) is 59.4 Å². The molecule has 1 aliphatic rings. The number of benzene rings is 2. The standard InChI is InChI=1S/C27H36FN3O4/c1-6-13-31-15-18(2)25(34-5)16-30(4)27(33)22-14-20(11-12-24(22)35-17-19(31)3)29-26(32)21-9-7-8-10-23(21)28/h7-12,14,18-19,25H,6,13,15-17H2,1-5H3,(H,29,32)/t18-,19-,25-/m1/s1. The lowest BCUT2D eigenvalue weighted by Gasteiger charge is -2.35. The van der Waals surface area contributed by atoms with Crippen molar-refractivity contribution in [1.29, 1.82) is 0 Å². The number of ether oxygens (including phenoxy) is 2. The van der Waals surface area contributed by atoms with E-state index in [0.29, 0.717) is 30.2 Å². The highest BCUT2D eigenvalue weighted by Crippen LogP contribution is 2.27. The molecule has 8 heteroatoms. The third kappa shape index (κ3) is 6.58. The Kier molecular flexibility index (Phi) is 9.23. The normalized spacial score (nSPS) is 21.9. The van der Waals surface area contributed by atoms with Crippen molar-refractivity contribution in [2.45, 2.75) is 39.3 Å². The van der Waals surface area contributed by atoms with E-state index in [1.807, 2.05) is 0 Å². The molecule has 0 aliphatic carbocycles. The second-order valence-corrected chi connectivity index (χ2v) is 9.24. The van der Waals surface area contributed by atoms with Crippen LogP contribution in [0.1, 0.15) is 47.9 Å². The van der Waals surface area contributed by atoms with Crippen LogP contribution in [0.2, 0.25) is 0 Å². The summed E-state index contributed by atoms with van der Waals surface area (Å²) in [5.74, 6) is -0.795. The van der Waals surface area contributed by atoms with Crippen LogP contribution in [0, 0.1) is 11.7 Å². The number of hydrogen-bond acceptors (Lipinski definition) is 5. The van der Waals surface area contributed by atoms with Crippen molar-refractivity contribution in [3.8, 4) is 5.75 Å². The fourth-order valence-corrected chi connectivity index (χ4v) is 4.37. The lowest BCUT2D eigenvalue weighted by molar-refractivity contribution is 0.0107. The molecule has 0 fully saturated rings. The van der Waals surface area contributed by atoms with E-state index in [1.165, 1.54) is 18.2 Å². The first-order chi connectivity index (χ1) is 16.7. The number of amides is 2. The first-order valence-electron chi connectivity index (χ1n) is 12.1. The largest absolute Gasteiger partial charge is 0.491 e. The van der Waals surface area contributed by atoms with Gasteiger partial charge in [-0.25, -0.2) is 4.39 Å². The maximum absolute atomic E-state index is 14.1. The van der Waals surface area contributed by atoms with E-state index in [4.69, 9.17) is 9.47 Å². The second-order valence-electron chi connectivity index (χ2n) is 9.24. The van der Waals surface area contributed by atoms with Crippen LogP contribution in [0.5, 0.6) is 5.75 Å². The van der Waals surface area contributed by atoms with Crippen LogP contribution in [-0.2, 0) is 4.74 Å². The van der Waals surface area contributed by atoms with Gasteiger partial charge in [-0.1, -0.05) is 26.0 Å². The van der Waals surface area contributed by atoms with Gasteiger partial charge in [0.15, 0.2) is 0 Å². The Morgan fingerprint density at radius 2 is 1.94 bits per heavy atom. The summed E-state index contributed by atoms with van der Waals surface area (Å²) in [4.78, 5) is 30.1. The average Bonchev–Trinajstić information content (AvgIpc) is 2.84. The Morgan fingerprint density at radius 1 is 1.20 bits per heavy atom. The van der Waals surface area contributed by atoms with Gasteiger partial charge >= 0.3 is 0 Å². The van der Waals surface area contributed by atoms with Gasteiger partial charge in [0.05, 0.1) is 17.2 Å². The molecule has 2 amide bonds. The van der Waals surface area contributed by atoms with E-state index in [0.717, 1.165) is 19.5 Å². The summed E-state index contributed by atoms with van der Waals surface area (Å²) in [5.41, 5.74) is 0.643. The van der Waals surface area contributed by atoms with Crippen molar-refractivity contribution >= 4 is 17.5 Å². The fourth-order valence-electron chi connectivity index (χ4n) is 4.37. The van der Waals surface area contributed by atoms with E-state index in [9.17, 15) is 14.0 Å². The smallest absolute Gasteiger partial charge is 0.258 e. The SMILES string of the molecule is CCCN1C[C@@H](C)[C@H](OC)CN(C)C(=O)c2cc(NC(=O)c3ccccc3F)ccc2OC[C@H]1C. The molecule has 1 heterocycles. The molecule has 0 aromatic heterocycles. The number of fused-ring (bicyclic) bond motifs is 1. The number of methoxy groups -OCH3 is 1. The average molecular weight is 486 g/mol. The minimum absolute atomic E-state index is 0.0678. The van der Waals surface area contributed by atoms with Crippen molar-refractivity contribution in [1.82, 2.24) is 9.80 Å².